The maximum absolute atomic E-state index is 12.4. The molecule has 0 bridgehead atoms. The van der Waals surface area contributed by atoms with Gasteiger partial charge in [0.1, 0.15) is 11.6 Å². The average Bonchev–Trinajstić information content (AvgIpc) is 2.67. The first-order chi connectivity index (χ1) is 13.8. The summed E-state index contributed by atoms with van der Waals surface area (Å²) in [6, 6.07) is 12.9. The molecule has 0 aliphatic rings. The molecule has 0 atom stereocenters. The van der Waals surface area contributed by atoms with Crippen molar-refractivity contribution in [3.05, 3.63) is 53.6 Å². The summed E-state index contributed by atoms with van der Waals surface area (Å²) in [5.74, 6) is -2.08. The molecule has 2 rings (SSSR count). The van der Waals surface area contributed by atoms with E-state index in [-0.39, 0.29) is 11.7 Å². The fraction of sp³-hybridized carbons (Fsp3) is 0.238. The van der Waals surface area contributed by atoms with Gasteiger partial charge in [-0.05, 0) is 61.9 Å². The predicted octanol–water partition coefficient (Wildman–Crippen LogP) is 5.34. The molecule has 2 aromatic carbocycles. The third-order valence-electron chi connectivity index (χ3n) is 3.56. The van der Waals surface area contributed by atoms with E-state index in [1.54, 1.807) is 18.2 Å². The van der Waals surface area contributed by atoms with Gasteiger partial charge in [-0.1, -0.05) is 17.8 Å². The fourth-order valence-electron chi connectivity index (χ4n) is 2.36. The Morgan fingerprint density at radius 3 is 2.41 bits per heavy atom. The molecule has 0 heterocycles. The molecule has 8 heteroatoms. The number of alkyl halides is 2. The Morgan fingerprint density at radius 1 is 1.17 bits per heavy atom. The van der Waals surface area contributed by atoms with Crippen LogP contribution in [0, 0.1) is 11.3 Å². The summed E-state index contributed by atoms with van der Waals surface area (Å²) in [7, 11) is 1.50. The molecule has 2 aromatic rings. The topological polar surface area (TPSA) is 71.3 Å². The molecule has 0 saturated heterocycles. The zero-order valence-corrected chi connectivity index (χ0v) is 16.9. The van der Waals surface area contributed by atoms with E-state index >= 15 is 0 Å². The summed E-state index contributed by atoms with van der Waals surface area (Å²) in [5, 5.41) is 11.9. The minimum Gasteiger partial charge on any atom is -0.493 e. The molecular formula is C21H20F2N2O3S. The number of carbonyl (C=O) groups is 1. The zero-order valence-electron chi connectivity index (χ0n) is 16.1. The second-order valence-electron chi connectivity index (χ2n) is 6.10. The highest BCUT2D eigenvalue weighted by Crippen LogP contribution is 2.30. The largest absolute Gasteiger partial charge is 0.493 e. The van der Waals surface area contributed by atoms with Crippen LogP contribution in [0.3, 0.4) is 0 Å². The van der Waals surface area contributed by atoms with Crippen molar-refractivity contribution in [2.24, 2.45) is 0 Å². The highest BCUT2D eigenvalue weighted by molar-refractivity contribution is 7.99. The van der Waals surface area contributed by atoms with Crippen LogP contribution in [-0.4, -0.2) is 24.9 Å². The molecule has 0 fully saturated rings. The van der Waals surface area contributed by atoms with Gasteiger partial charge < -0.3 is 14.8 Å². The molecule has 0 radical (unpaired) electrons. The van der Waals surface area contributed by atoms with Crippen LogP contribution in [0.2, 0.25) is 0 Å². The minimum atomic E-state index is -2.52. The Bertz CT molecular complexity index is 923. The van der Waals surface area contributed by atoms with Gasteiger partial charge in [-0.25, -0.2) is 0 Å². The maximum atomic E-state index is 12.4. The first-order valence-corrected chi connectivity index (χ1v) is 9.53. The molecule has 1 N–H and O–H groups in total. The van der Waals surface area contributed by atoms with Crippen LogP contribution in [-0.2, 0) is 4.79 Å². The number of anilines is 1. The number of hydrogen-bond donors (Lipinski definition) is 1. The van der Waals surface area contributed by atoms with E-state index in [4.69, 9.17) is 9.47 Å². The summed E-state index contributed by atoms with van der Waals surface area (Å²) < 4.78 is 35.7. The summed E-state index contributed by atoms with van der Waals surface area (Å²) >= 11 is 0.415. The van der Waals surface area contributed by atoms with Gasteiger partial charge in [0.05, 0.1) is 13.2 Å². The number of halogens is 2. The molecule has 5 nitrogen and oxygen atoms in total. The van der Waals surface area contributed by atoms with Crippen molar-refractivity contribution in [1.82, 2.24) is 0 Å². The Morgan fingerprint density at radius 2 is 1.86 bits per heavy atom. The lowest BCUT2D eigenvalue weighted by molar-refractivity contribution is -0.112. The zero-order chi connectivity index (χ0) is 21.4. The van der Waals surface area contributed by atoms with Crippen LogP contribution in [0.4, 0.5) is 14.5 Å². The third-order valence-corrected chi connectivity index (χ3v) is 4.29. The number of nitrogens with zero attached hydrogens (tertiary/aromatic N) is 1. The number of rotatable bonds is 8. The lowest BCUT2D eigenvalue weighted by Gasteiger charge is -2.14. The molecular weight excluding hydrogens is 398 g/mol. The minimum absolute atomic E-state index is 0.0313. The molecule has 29 heavy (non-hydrogen) atoms. The van der Waals surface area contributed by atoms with Gasteiger partial charge in [0, 0.05) is 10.6 Å². The van der Waals surface area contributed by atoms with Crippen molar-refractivity contribution in [3.63, 3.8) is 0 Å². The van der Waals surface area contributed by atoms with E-state index in [2.05, 4.69) is 5.32 Å². The first-order valence-electron chi connectivity index (χ1n) is 8.65. The molecule has 0 spiro atoms. The fourth-order valence-corrected chi connectivity index (χ4v) is 2.86. The van der Waals surface area contributed by atoms with E-state index in [9.17, 15) is 18.8 Å². The quantitative estimate of drug-likeness (QED) is 0.356. The monoisotopic (exact) mass is 418 g/mol. The van der Waals surface area contributed by atoms with Crippen molar-refractivity contribution < 1.29 is 23.0 Å². The van der Waals surface area contributed by atoms with Crippen molar-refractivity contribution in [1.29, 1.82) is 5.26 Å². The lowest BCUT2D eigenvalue weighted by Crippen LogP contribution is -2.13. The number of amides is 1. The van der Waals surface area contributed by atoms with Crippen LogP contribution >= 0.6 is 11.8 Å². The van der Waals surface area contributed by atoms with Gasteiger partial charge in [0.15, 0.2) is 11.5 Å². The number of benzene rings is 2. The van der Waals surface area contributed by atoms with Crippen LogP contribution in [0.25, 0.3) is 6.08 Å². The Hall–Kier alpha value is -3.05. The Balaban J connectivity index is 2.16. The average molecular weight is 418 g/mol. The second-order valence-corrected chi connectivity index (χ2v) is 7.17. The van der Waals surface area contributed by atoms with Crippen molar-refractivity contribution >= 4 is 29.4 Å². The molecule has 152 valence electrons. The summed E-state index contributed by atoms with van der Waals surface area (Å²) in [5.41, 5.74) is 0.872. The number of ether oxygens (including phenoxy) is 2. The standard InChI is InChI=1S/C21H20F2N2O3S/c1-13(2)28-18-9-4-14(11-19(18)27-3)10-15(12-24)20(26)25-16-5-7-17(8-6-16)29-21(22)23/h4-11,13,21H,1-3H3,(H,25,26)/b15-10+. The van der Waals surface area contributed by atoms with E-state index in [1.165, 1.54) is 37.5 Å². The van der Waals surface area contributed by atoms with Gasteiger partial charge in [0.2, 0.25) is 0 Å². The van der Waals surface area contributed by atoms with Gasteiger partial charge in [0.25, 0.3) is 11.7 Å². The summed E-state index contributed by atoms with van der Waals surface area (Å²) in [6.07, 6.45) is 1.40. The lowest BCUT2D eigenvalue weighted by atomic mass is 10.1. The van der Waals surface area contributed by atoms with Crippen molar-refractivity contribution in [2.45, 2.75) is 30.6 Å². The number of nitriles is 1. The first kappa shape index (κ1) is 22.2. The van der Waals surface area contributed by atoms with Gasteiger partial charge >= 0.3 is 0 Å². The Kier molecular flexibility index (Phi) is 8.04. The molecule has 0 saturated carbocycles. The van der Waals surface area contributed by atoms with Gasteiger partial charge in [-0.3, -0.25) is 4.79 Å². The third kappa shape index (κ3) is 6.80. The summed E-state index contributed by atoms with van der Waals surface area (Å²) in [4.78, 5) is 12.8. The van der Waals surface area contributed by atoms with Crippen LogP contribution < -0.4 is 14.8 Å². The molecule has 1 amide bonds. The Labute approximate surface area is 172 Å². The molecule has 0 aliphatic carbocycles. The number of carbonyl (C=O) groups excluding carboxylic acids is 1. The van der Waals surface area contributed by atoms with Gasteiger partial charge in [-0.2, -0.15) is 14.0 Å². The van der Waals surface area contributed by atoms with Crippen LogP contribution in [0.5, 0.6) is 11.5 Å². The van der Waals surface area contributed by atoms with Crippen molar-refractivity contribution in [2.75, 3.05) is 12.4 Å². The predicted molar refractivity (Wildman–Crippen MR) is 109 cm³/mol. The van der Waals surface area contributed by atoms with Crippen molar-refractivity contribution in [3.8, 4) is 17.6 Å². The SMILES string of the molecule is COc1cc(/C=C(\C#N)C(=O)Nc2ccc(SC(F)F)cc2)ccc1OC(C)C. The molecule has 0 aromatic heterocycles. The molecule has 0 aliphatic heterocycles. The smallest absolute Gasteiger partial charge is 0.288 e. The number of hydrogen-bond acceptors (Lipinski definition) is 5. The van der Waals surface area contributed by atoms with Crippen LogP contribution in [0.15, 0.2) is 52.9 Å². The maximum Gasteiger partial charge on any atom is 0.288 e. The summed E-state index contributed by atoms with van der Waals surface area (Å²) in [6.45, 7) is 3.79. The molecule has 0 unspecified atom stereocenters. The van der Waals surface area contributed by atoms with E-state index in [0.717, 1.165) is 0 Å². The van der Waals surface area contributed by atoms with Crippen LogP contribution in [0.1, 0.15) is 19.4 Å². The highest BCUT2D eigenvalue weighted by atomic mass is 32.2. The number of nitrogens with one attached hydrogen (secondary N) is 1. The number of methoxy groups -OCH3 is 1. The number of thioether (sulfide) groups is 1. The van der Waals surface area contributed by atoms with Gasteiger partial charge in [-0.15, -0.1) is 0 Å². The van der Waals surface area contributed by atoms with E-state index in [0.29, 0.717) is 39.4 Å². The second kappa shape index (κ2) is 10.5. The van der Waals surface area contributed by atoms with E-state index in [1.807, 2.05) is 19.9 Å². The van der Waals surface area contributed by atoms with E-state index < -0.39 is 11.7 Å². The normalized spacial score (nSPS) is 11.3. The highest BCUT2D eigenvalue weighted by Gasteiger charge is 2.12.